The number of hydrogen-bond acceptors (Lipinski definition) is 2. The van der Waals surface area contributed by atoms with E-state index in [1.165, 1.54) is 5.56 Å². The first-order chi connectivity index (χ1) is 8.39. The van der Waals surface area contributed by atoms with Crippen LogP contribution < -0.4 is 5.32 Å². The molecule has 0 aromatic heterocycles. The van der Waals surface area contributed by atoms with Crippen LogP contribution in [-0.2, 0) is 6.54 Å². The van der Waals surface area contributed by atoms with Crippen molar-refractivity contribution in [1.29, 1.82) is 5.26 Å². The van der Waals surface area contributed by atoms with Crippen molar-refractivity contribution in [2.24, 2.45) is 16.7 Å². The summed E-state index contributed by atoms with van der Waals surface area (Å²) in [5.74, 6) is 0.753. The van der Waals surface area contributed by atoms with E-state index in [1.807, 2.05) is 24.3 Å². The Balaban J connectivity index is 1.82. The first-order valence-corrected chi connectivity index (χ1v) is 6.59. The van der Waals surface area contributed by atoms with Crippen molar-refractivity contribution in [3.63, 3.8) is 0 Å². The zero-order chi connectivity index (χ0) is 13.4. The molecule has 1 saturated carbocycles. The second kappa shape index (κ2) is 4.40. The third-order valence-electron chi connectivity index (χ3n) is 5.08. The molecule has 0 saturated heterocycles. The van der Waals surface area contributed by atoms with Gasteiger partial charge in [0.15, 0.2) is 0 Å². The van der Waals surface area contributed by atoms with Gasteiger partial charge in [0.25, 0.3) is 0 Å². The molecular formula is C16H22N2. The van der Waals surface area contributed by atoms with Gasteiger partial charge in [-0.1, -0.05) is 39.8 Å². The highest BCUT2D eigenvalue weighted by Gasteiger charge is 2.63. The Morgan fingerprint density at radius 2 is 1.67 bits per heavy atom. The summed E-state index contributed by atoms with van der Waals surface area (Å²) in [6.07, 6.45) is 0. The molecule has 2 rings (SSSR count). The summed E-state index contributed by atoms with van der Waals surface area (Å²) >= 11 is 0. The van der Waals surface area contributed by atoms with Crippen LogP contribution in [0.3, 0.4) is 0 Å². The summed E-state index contributed by atoms with van der Waals surface area (Å²) in [4.78, 5) is 0. The smallest absolute Gasteiger partial charge is 0.0991 e. The summed E-state index contributed by atoms with van der Waals surface area (Å²) in [7, 11) is 0. The summed E-state index contributed by atoms with van der Waals surface area (Å²) in [5, 5.41) is 12.3. The first-order valence-electron chi connectivity index (χ1n) is 6.59. The molecule has 0 heterocycles. The molecule has 1 aliphatic rings. The van der Waals surface area contributed by atoms with Crippen molar-refractivity contribution in [1.82, 2.24) is 5.32 Å². The van der Waals surface area contributed by atoms with Gasteiger partial charge in [-0.05, 0) is 41.0 Å². The van der Waals surface area contributed by atoms with Gasteiger partial charge in [-0.3, -0.25) is 0 Å². The molecule has 0 atom stereocenters. The van der Waals surface area contributed by atoms with Crippen LogP contribution in [0, 0.1) is 28.1 Å². The van der Waals surface area contributed by atoms with Crippen LogP contribution >= 0.6 is 0 Å². The van der Waals surface area contributed by atoms with Crippen LogP contribution in [0.15, 0.2) is 24.3 Å². The predicted molar refractivity (Wildman–Crippen MR) is 73.9 cm³/mol. The SMILES string of the molecule is CC1(C)C(CNCc2ccc(C#N)cc2)C1(C)C. The molecule has 2 heteroatoms. The number of nitriles is 1. The molecule has 2 nitrogen and oxygen atoms in total. The third kappa shape index (κ3) is 2.15. The van der Waals surface area contributed by atoms with Crippen molar-refractivity contribution < 1.29 is 0 Å². The quantitative estimate of drug-likeness (QED) is 0.879. The minimum Gasteiger partial charge on any atom is -0.312 e. The Morgan fingerprint density at radius 3 is 2.11 bits per heavy atom. The second-order valence-corrected chi connectivity index (χ2v) is 6.44. The Labute approximate surface area is 110 Å². The Bertz CT molecular complexity index is 449. The van der Waals surface area contributed by atoms with Crippen LogP contribution in [0.5, 0.6) is 0 Å². The van der Waals surface area contributed by atoms with E-state index < -0.39 is 0 Å². The molecule has 0 bridgehead atoms. The Morgan fingerprint density at radius 1 is 1.11 bits per heavy atom. The number of nitrogens with one attached hydrogen (secondary N) is 1. The highest BCUT2D eigenvalue weighted by atomic mass is 14.9. The maximum absolute atomic E-state index is 8.74. The van der Waals surface area contributed by atoms with Gasteiger partial charge >= 0.3 is 0 Å². The molecule has 1 fully saturated rings. The summed E-state index contributed by atoms with van der Waals surface area (Å²) in [6.45, 7) is 11.3. The topological polar surface area (TPSA) is 35.8 Å². The van der Waals surface area contributed by atoms with Crippen molar-refractivity contribution in [3.8, 4) is 6.07 Å². The molecule has 96 valence electrons. The van der Waals surface area contributed by atoms with E-state index in [9.17, 15) is 0 Å². The van der Waals surface area contributed by atoms with Crippen LogP contribution in [-0.4, -0.2) is 6.54 Å². The molecule has 18 heavy (non-hydrogen) atoms. The molecule has 0 unspecified atom stereocenters. The van der Waals surface area contributed by atoms with Crippen molar-refractivity contribution in [2.75, 3.05) is 6.54 Å². The van der Waals surface area contributed by atoms with Crippen LogP contribution in [0.25, 0.3) is 0 Å². The van der Waals surface area contributed by atoms with E-state index in [4.69, 9.17) is 5.26 Å². The standard InChI is InChI=1S/C16H22N2/c1-15(2)14(16(15,3)4)11-18-10-13-7-5-12(9-17)6-8-13/h5-8,14,18H,10-11H2,1-4H3. The van der Waals surface area contributed by atoms with Crippen molar-refractivity contribution in [3.05, 3.63) is 35.4 Å². The lowest BCUT2D eigenvalue weighted by molar-refractivity contribution is 0.457. The van der Waals surface area contributed by atoms with E-state index in [0.717, 1.165) is 24.6 Å². The van der Waals surface area contributed by atoms with E-state index >= 15 is 0 Å². The zero-order valence-corrected chi connectivity index (χ0v) is 11.7. The van der Waals surface area contributed by atoms with Crippen LogP contribution in [0.1, 0.15) is 38.8 Å². The Kier molecular flexibility index (Phi) is 3.21. The highest BCUT2D eigenvalue weighted by molar-refractivity contribution is 5.31. The highest BCUT2D eigenvalue weighted by Crippen LogP contribution is 2.67. The molecule has 0 radical (unpaired) electrons. The number of hydrogen-bond donors (Lipinski definition) is 1. The number of benzene rings is 1. The largest absolute Gasteiger partial charge is 0.312 e. The van der Waals surface area contributed by atoms with Crippen LogP contribution in [0.2, 0.25) is 0 Å². The number of nitrogens with zero attached hydrogens (tertiary/aromatic N) is 1. The summed E-state index contributed by atoms with van der Waals surface area (Å²) < 4.78 is 0. The van der Waals surface area contributed by atoms with Gasteiger partial charge in [-0.2, -0.15) is 5.26 Å². The monoisotopic (exact) mass is 242 g/mol. The van der Waals surface area contributed by atoms with Gasteiger partial charge in [0.2, 0.25) is 0 Å². The minimum absolute atomic E-state index is 0.449. The lowest BCUT2D eigenvalue weighted by atomic mass is 10.0. The van der Waals surface area contributed by atoms with E-state index in [-0.39, 0.29) is 0 Å². The fraction of sp³-hybridized carbons (Fsp3) is 0.562. The molecule has 0 aliphatic heterocycles. The van der Waals surface area contributed by atoms with E-state index in [2.05, 4.69) is 39.1 Å². The van der Waals surface area contributed by atoms with Gasteiger partial charge < -0.3 is 5.32 Å². The van der Waals surface area contributed by atoms with Gasteiger partial charge in [-0.25, -0.2) is 0 Å². The van der Waals surface area contributed by atoms with Crippen molar-refractivity contribution >= 4 is 0 Å². The van der Waals surface area contributed by atoms with Crippen LogP contribution in [0.4, 0.5) is 0 Å². The zero-order valence-electron chi connectivity index (χ0n) is 11.7. The number of rotatable bonds is 4. The van der Waals surface area contributed by atoms with E-state index in [0.29, 0.717) is 10.8 Å². The molecule has 1 aromatic rings. The first kappa shape index (κ1) is 13.1. The Hall–Kier alpha value is -1.33. The molecule has 0 spiro atoms. The van der Waals surface area contributed by atoms with Gasteiger partial charge in [0.05, 0.1) is 11.6 Å². The summed E-state index contributed by atoms with van der Waals surface area (Å²) in [5.41, 5.74) is 2.86. The van der Waals surface area contributed by atoms with Gasteiger partial charge in [-0.15, -0.1) is 0 Å². The van der Waals surface area contributed by atoms with Gasteiger partial charge in [0, 0.05) is 6.54 Å². The second-order valence-electron chi connectivity index (χ2n) is 6.44. The van der Waals surface area contributed by atoms with Gasteiger partial charge in [0.1, 0.15) is 0 Å². The molecule has 1 N–H and O–H groups in total. The average molecular weight is 242 g/mol. The maximum Gasteiger partial charge on any atom is 0.0991 e. The third-order valence-corrected chi connectivity index (χ3v) is 5.08. The molecule has 0 amide bonds. The lowest BCUT2D eigenvalue weighted by Gasteiger charge is -2.06. The summed E-state index contributed by atoms with van der Waals surface area (Å²) in [6, 6.07) is 9.94. The molecule has 1 aromatic carbocycles. The lowest BCUT2D eigenvalue weighted by Crippen LogP contribution is -2.18. The fourth-order valence-electron chi connectivity index (χ4n) is 2.90. The normalized spacial score (nSPS) is 20.4. The average Bonchev–Trinajstić information content (AvgIpc) is 2.72. The predicted octanol–water partition coefficient (Wildman–Crippen LogP) is 3.33. The molecule has 1 aliphatic carbocycles. The fourth-order valence-corrected chi connectivity index (χ4v) is 2.90. The molecular weight excluding hydrogens is 220 g/mol. The van der Waals surface area contributed by atoms with E-state index in [1.54, 1.807) is 0 Å². The van der Waals surface area contributed by atoms with Crippen molar-refractivity contribution in [2.45, 2.75) is 34.2 Å². The minimum atomic E-state index is 0.449. The maximum atomic E-state index is 8.74.